The van der Waals surface area contributed by atoms with E-state index in [1.807, 2.05) is 4.57 Å². The van der Waals surface area contributed by atoms with Crippen LogP contribution in [0.5, 0.6) is 0 Å². The maximum atomic E-state index is 9.29. The van der Waals surface area contributed by atoms with Gasteiger partial charge < -0.3 is 9.67 Å². The molecule has 94 valence electrons. The van der Waals surface area contributed by atoms with Gasteiger partial charge in [-0.15, -0.1) is 10.2 Å². The van der Waals surface area contributed by atoms with Gasteiger partial charge >= 0.3 is 0 Å². The number of rotatable bonds is 3. The fourth-order valence-corrected chi connectivity index (χ4v) is 2.55. The molecule has 0 atom stereocenters. The van der Waals surface area contributed by atoms with Crippen molar-refractivity contribution in [2.75, 3.05) is 0 Å². The fourth-order valence-electron chi connectivity index (χ4n) is 2.03. The molecule has 0 radical (unpaired) electrons. The zero-order valence-corrected chi connectivity index (χ0v) is 11.0. The van der Waals surface area contributed by atoms with E-state index in [1.54, 1.807) is 18.2 Å². The van der Waals surface area contributed by atoms with Crippen molar-refractivity contribution >= 4 is 23.2 Å². The van der Waals surface area contributed by atoms with Gasteiger partial charge in [-0.3, -0.25) is 0 Å². The highest BCUT2D eigenvalue weighted by Gasteiger charge is 2.29. The van der Waals surface area contributed by atoms with Gasteiger partial charge in [0.15, 0.2) is 11.6 Å². The molecule has 1 saturated carbocycles. The second-order valence-corrected chi connectivity index (χ2v) is 5.23. The third-order valence-corrected chi connectivity index (χ3v) is 3.38. The number of hydrogen-bond acceptors (Lipinski definition) is 3. The van der Waals surface area contributed by atoms with E-state index >= 15 is 0 Å². The first-order valence-corrected chi connectivity index (χ1v) is 6.45. The summed E-state index contributed by atoms with van der Waals surface area (Å²) in [5.41, 5.74) is 0.826. The number of aliphatic hydroxyl groups is 1. The van der Waals surface area contributed by atoms with Crippen molar-refractivity contribution in [3.63, 3.8) is 0 Å². The van der Waals surface area contributed by atoms with Crippen LogP contribution in [0.1, 0.15) is 24.7 Å². The number of nitrogens with zero attached hydrogens (tertiary/aromatic N) is 3. The monoisotopic (exact) mass is 283 g/mol. The lowest BCUT2D eigenvalue weighted by atomic mass is 10.2. The van der Waals surface area contributed by atoms with Gasteiger partial charge in [-0.25, -0.2) is 0 Å². The van der Waals surface area contributed by atoms with E-state index in [2.05, 4.69) is 10.2 Å². The van der Waals surface area contributed by atoms with E-state index in [-0.39, 0.29) is 6.61 Å². The predicted octanol–water partition coefficient (Wildman–Crippen LogP) is 3.08. The lowest BCUT2D eigenvalue weighted by molar-refractivity contribution is 0.265. The average molecular weight is 284 g/mol. The minimum atomic E-state index is -0.113. The molecule has 1 fully saturated rings. The molecule has 0 saturated heterocycles. The molecule has 0 unspecified atom stereocenters. The molecule has 2 aromatic rings. The van der Waals surface area contributed by atoms with Gasteiger partial charge in [0.25, 0.3) is 0 Å². The van der Waals surface area contributed by atoms with Gasteiger partial charge in [0.2, 0.25) is 0 Å². The summed E-state index contributed by atoms with van der Waals surface area (Å²) < 4.78 is 1.97. The Labute approximate surface area is 114 Å². The van der Waals surface area contributed by atoms with Crippen LogP contribution in [0.25, 0.3) is 11.4 Å². The molecule has 1 aliphatic rings. The van der Waals surface area contributed by atoms with Gasteiger partial charge in [0, 0.05) is 21.7 Å². The van der Waals surface area contributed by atoms with Crippen molar-refractivity contribution < 1.29 is 5.11 Å². The third kappa shape index (κ3) is 2.11. The van der Waals surface area contributed by atoms with Gasteiger partial charge in [0.1, 0.15) is 6.61 Å². The lowest BCUT2D eigenvalue weighted by Gasteiger charge is -2.08. The number of halogens is 2. The molecular formula is C12H11Cl2N3O. The summed E-state index contributed by atoms with van der Waals surface area (Å²) in [4.78, 5) is 0. The number of aliphatic hydroxyl groups excluding tert-OH is 1. The Bertz CT molecular complexity index is 573. The van der Waals surface area contributed by atoms with Gasteiger partial charge in [-0.2, -0.15) is 0 Å². The van der Waals surface area contributed by atoms with Crippen LogP contribution in [0.15, 0.2) is 18.2 Å². The van der Waals surface area contributed by atoms with E-state index in [0.717, 1.165) is 18.4 Å². The molecule has 4 nitrogen and oxygen atoms in total. The van der Waals surface area contributed by atoms with Crippen molar-refractivity contribution in [1.29, 1.82) is 0 Å². The van der Waals surface area contributed by atoms with Crippen LogP contribution < -0.4 is 0 Å². The highest BCUT2D eigenvalue weighted by Crippen LogP contribution is 2.39. The third-order valence-electron chi connectivity index (χ3n) is 2.94. The first kappa shape index (κ1) is 12.0. The topological polar surface area (TPSA) is 50.9 Å². The lowest BCUT2D eigenvalue weighted by Crippen LogP contribution is -2.03. The summed E-state index contributed by atoms with van der Waals surface area (Å²) in [6.45, 7) is -0.113. The molecule has 1 heterocycles. The van der Waals surface area contributed by atoms with Crippen LogP contribution in [0.4, 0.5) is 0 Å². The zero-order chi connectivity index (χ0) is 12.7. The standard InChI is InChI=1S/C12H11Cl2N3O/c13-8-3-7(4-9(14)5-8)12-16-15-11(6-18)17(12)10-1-2-10/h3-5,10,18H,1-2,6H2. The molecule has 0 spiro atoms. The summed E-state index contributed by atoms with van der Waals surface area (Å²) in [6.07, 6.45) is 2.18. The van der Waals surface area contributed by atoms with E-state index in [1.165, 1.54) is 0 Å². The van der Waals surface area contributed by atoms with Crippen LogP contribution in [0.2, 0.25) is 10.0 Å². The van der Waals surface area contributed by atoms with Crippen LogP contribution in [-0.4, -0.2) is 19.9 Å². The summed E-state index contributed by atoms with van der Waals surface area (Å²) in [6, 6.07) is 5.67. The van der Waals surface area contributed by atoms with Crippen LogP contribution in [-0.2, 0) is 6.61 Å². The molecule has 1 aromatic carbocycles. The van der Waals surface area contributed by atoms with Crippen molar-refractivity contribution in [1.82, 2.24) is 14.8 Å². The van der Waals surface area contributed by atoms with Crippen molar-refractivity contribution in [3.05, 3.63) is 34.1 Å². The maximum absolute atomic E-state index is 9.29. The molecule has 18 heavy (non-hydrogen) atoms. The molecule has 3 rings (SSSR count). The Morgan fingerprint density at radius 3 is 2.39 bits per heavy atom. The Kier molecular flexibility index (Phi) is 3.01. The van der Waals surface area contributed by atoms with Crippen molar-refractivity contribution in [3.8, 4) is 11.4 Å². The smallest absolute Gasteiger partial charge is 0.164 e. The molecule has 0 aliphatic heterocycles. The van der Waals surface area contributed by atoms with Gasteiger partial charge in [-0.1, -0.05) is 23.2 Å². The maximum Gasteiger partial charge on any atom is 0.164 e. The summed E-state index contributed by atoms with van der Waals surface area (Å²) in [5.74, 6) is 1.30. The van der Waals surface area contributed by atoms with Crippen molar-refractivity contribution in [2.45, 2.75) is 25.5 Å². The first-order chi connectivity index (χ1) is 8.69. The molecule has 0 bridgehead atoms. The number of aromatic nitrogens is 3. The van der Waals surface area contributed by atoms with Crippen molar-refractivity contribution in [2.24, 2.45) is 0 Å². The molecule has 1 N–H and O–H groups in total. The normalized spacial score (nSPS) is 15.1. The summed E-state index contributed by atoms with van der Waals surface area (Å²) in [7, 11) is 0. The van der Waals surface area contributed by atoms with E-state index < -0.39 is 0 Å². The second kappa shape index (κ2) is 4.53. The first-order valence-electron chi connectivity index (χ1n) is 5.70. The molecular weight excluding hydrogens is 273 g/mol. The Hall–Kier alpha value is -1.10. The SMILES string of the molecule is OCc1nnc(-c2cc(Cl)cc(Cl)c2)n1C1CC1. The van der Waals surface area contributed by atoms with E-state index in [0.29, 0.717) is 27.7 Å². The van der Waals surface area contributed by atoms with Crippen LogP contribution in [0, 0.1) is 0 Å². The van der Waals surface area contributed by atoms with Gasteiger partial charge in [-0.05, 0) is 31.0 Å². The average Bonchev–Trinajstić information content (AvgIpc) is 3.07. The molecule has 6 heteroatoms. The highest BCUT2D eigenvalue weighted by molar-refractivity contribution is 6.35. The molecule has 0 amide bonds. The highest BCUT2D eigenvalue weighted by atomic mass is 35.5. The van der Waals surface area contributed by atoms with Gasteiger partial charge in [0.05, 0.1) is 0 Å². The Morgan fingerprint density at radius 2 is 1.83 bits per heavy atom. The fraction of sp³-hybridized carbons (Fsp3) is 0.333. The number of hydrogen-bond donors (Lipinski definition) is 1. The number of benzene rings is 1. The summed E-state index contributed by atoms with van der Waals surface area (Å²) >= 11 is 12.0. The van der Waals surface area contributed by atoms with E-state index in [9.17, 15) is 5.11 Å². The minimum absolute atomic E-state index is 0.113. The Balaban J connectivity index is 2.13. The predicted molar refractivity (Wildman–Crippen MR) is 69.7 cm³/mol. The van der Waals surface area contributed by atoms with Crippen LogP contribution in [0.3, 0.4) is 0 Å². The molecule has 1 aliphatic carbocycles. The van der Waals surface area contributed by atoms with E-state index in [4.69, 9.17) is 23.2 Å². The summed E-state index contributed by atoms with van der Waals surface area (Å²) in [5, 5.41) is 18.6. The van der Waals surface area contributed by atoms with Crippen LogP contribution >= 0.6 is 23.2 Å². The quantitative estimate of drug-likeness (QED) is 0.942. The second-order valence-electron chi connectivity index (χ2n) is 4.36. The zero-order valence-electron chi connectivity index (χ0n) is 9.48. The molecule has 1 aromatic heterocycles. The minimum Gasteiger partial charge on any atom is -0.388 e. The largest absolute Gasteiger partial charge is 0.388 e. The Morgan fingerprint density at radius 1 is 1.17 bits per heavy atom.